The van der Waals surface area contributed by atoms with Crippen molar-refractivity contribution in [2.75, 3.05) is 0 Å². The molecule has 65 heavy (non-hydrogen) atoms. The topological polar surface area (TPSA) is 78.3 Å². The summed E-state index contributed by atoms with van der Waals surface area (Å²) in [6.07, 6.45) is 3.86. The van der Waals surface area contributed by atoms with Gasteiger partial charge in [-0.25, -0.2) is 0 Å². The van der Waals surface area contributed by atoms with Crippen LogP contribution in [0.1, 0.15) is 0 Å². The molecule has 0 saturated carbocycles. The smallest absolute Gasteiger partial charge is 0.233 e. The molecule has 6 nitrogen and oxygen atoms in total. The summed E-state index contributed by atoms with van der Waals surface area (Å²) in [5, 5.41) is 12.4. The summed E-state index contributed by atoms with van der Waals surface area (Å²) in [5.41, 5.74) is 11.0. The predicted molar refractivity (Wildman–Crippen MR) is 266 cm³/mol. The summed E-state index contributed by atoms with van der Waals surface area (Å²) in [7, 11) is -3.44. The van der Waals surface area contributed by atoms with Crippen LogP contribution in [-0.2, 0) is 0 Å². The molecule has 0 aliphatic heterocycles. The molecule has 0 unspecified atom stereocenters. The van der Waals surface area contributed by atoms with Crippen LogP contribution in [-0.4, -0.2) is 18.0 Å². The molecule has 8 aromatic carbocycles. The highest BCUT2D eigenvalue weighted by atomic mass is 28.3. The Labute approximate surface area is 371 Å². The third-order valence-corrected chi connectivity index (χ3v) is 17.8. The van der Waals surface area contributed by atoms with E-state index in [2.05, 4.69) is 170 Å². The fourth-order valence-corrected chi connectivity index (χ4v) is 14.9. The molecular formula is C58H34N2O4Si. The average molecular weight is 851 g/mol. The number of nitrogens with zero attached hydrogens (tertiary/aromatic N) is 2. The van der Waals surface area contributed by atoms with Gasteiger partial charge in [-0.3, -0.25) is 9.97 Å². The zero-order valence-electron chi connectivity index (χ0n) is 34.7. The first-order valence-electron chi connectivity index (χ1n) is 21.8. The molecule has 14 aromatic rings. The second kappa shape index (κ2) is 13.7. The molecule has 6 heterocycles. The van der Waals surface area contributed by atoms with Gasteiger partial charge >= 0.3 is 0 Å². The van der Waals surface area contributed by atoms with Crippen LogP contribution >= 0.6 is 0 Å². The molecule has 14 rings (SSSR count). The summed E-state index contributed by atoms with van der Waals surface area (Å²) in [5.74, 6) is 0. The lowest BCUT2D eigenvalue weighted by molar-refractivity contribution is 0.668. The van der Waals surface area contributed by atoms with E-state index in [0.29, 0.717) is 0 Å². The van der Waals surface area contributed by atoms with Crippen molar-refractivity contribution in [2.24, 2.45) is 0 Å². The lowest BCUT2D eigenvalue weighted by Crippen LogP contribution is -2.76. The van der Waals surface area contributed by atoms with Gasteiger partial charge in [0.1, 0.15) is 33.5 Å². The van der Waals surface area contributed by atoms with Gasteiger partial charge in [-0.1, -0.05) is 121 Å². The Bertz CT molecular complexity index is 3930. The molecule has 0 radical (unpaired) electrons. The van der Waals surface area contributed by atoms with E-state index >= 15 is 0 Å². The standard InChI is InChI=1S/C58H34N2O4Si/c1-3-11-39(12-4-1)65(40-13-5-2-6-14-40,57-55-43(27-29-59-57)47-33-37(21-25-53(47)63-55)35-19-23-51-45(31-35)41-15-7-9-17-49(41)61-51)58-56-44(28-30-60-58)48-34-38(22-26-54(48)64-56)36-20-24-52-46(32-36)42-16-8-10-18-50(42)62-52/h1-34H. The van der Waals surface area contributed by atoms with Gasteiger partial charge < -0.3 is 17.7 Å². The molecule has 0 saturated heterocycles. The monoisotopic (exact) mass is 850 g/mol. The molecule has 304 valence electrons. The molecule has 6 aromatic heterocycles. The van der Waals surface area contributed by atoms with Gasteiger partial charge in [0.05, 0.1) is 10.6 Å². The number of hydrogen-bond donors (Lipinski definition) is 0. The van der Waals surface area contributed by atoms with Crippen molar-refractivity contribution in [2.45, 2.75) is 0 Å². The third kappa shape index (κ3) is 5.27. The molecule has 0 N–H and O–H groups in total. The molecule has 0 aliphatic rings. The Hall–Kier alpha value is -8.52. The molecule has 0 spiro atoms. The average Bonchev–Trinajstić information content (AvgIpc) is 4.15. The van der Waals surface area contributed by atoms with Crippen LogP contribution in [0.2, 0.25) is 0 Å². The molecule has 0 bridgehead atoms. The molecule has 0 aliphatic carbocycles. The summed E-state index contributed by atoms with van der Waals surface area (Å²) < 4.78 is 26.4. The van der Waals surface area contributed by atoms with Crippen molar-refractivity contribution >= 4 is 117 Å². The Morgan fingerprint density at radius 1 is 0.277 bits per heavy atom. The van der Waals surface area contributed by atoms with E-state index in [1.807, 2.05) is 36.7 Å². The van der Waals surface area contributed by atoms with Crippen molar-refractivity contribution in [3.05, 3.63) is 207 Å². The van der Waals surface area contributed by atoms with Crippen LogP contribution in [0.3, 0.4) is 0 Å². The maximum Gasteiger partial charge on any atom is 0.233 e. The van der Waals surface area contributed by atoms with Gasteiger partial charge in [-0.05, 0) is 105 Å². The first kappa shape index (κ1) is 36.0. The summed E-state index contributed by atoms with van der Waals surface area (Å²) in [4.78, 5) is 10.7. The van der Waals surface area contributed by atoms with Crippen molar-refractivity contribution in [1.82, 2.24) is 9.97 Å². The third-order valence-electron chi connectivity index (χ3n) is 13.3. The Kier molecular flexibility index (Phi) is 7.61. The minimum atomic E-state index is -3.44. The fourth-order valence-electron chi connectivity index (χ4n) is 10.3. The second-order valence-corrected chi connectivity index (χ2v) is 20.4. The Morgan fingerprint density at radius 3 is 1.03 bits per heavy atom. The number of benzene rings is 8. The lowest BCUT2D eigenvalue weighted by atomic mass is 10.0. The zero-order chi connectivity index (χ0) is 42.6. The van der Waals surface area contributed by atoms with Gasteiger partial charge in [0, 0.05) is 55.5 Å². The lowest BCUT2D eigenvalue weighted by Gasteiger charge is -2.31. The van der Waals surface area contributed by atoms with Gasteiger partial charge in [0.2, 0.25) is 8.07 Å². The number of aromatic nitrogens is 2. The maximum absolute atomic E-state index is 7.04. The summed E-state index contributed by atoms with van der Waals surface area (Å²) in [6.45, 7) is 0. The van der Waals surface area contributed by atoms with E-state index in [1.54, 1.807) is 0 Å². The number of fused-ring (bicyclic) bond motifs is 12. The molecule has 0 fully saturated rings. The van der Waals surface area contributed by atoms with Crippen LogP contribution in [0.4, 0.5) is 0 Å². The van der Waals surface area contributed by atoms with Gasteiger partial charge in [-0.15, -0.1) is 0 Å². The largest absolute Gasteiger partial charge is 0.456 e. The summed E-state index contributed by atoms with van der Waals surface area (Å²) in [6, 6.07) is 67.8. The SMILES string of the molecule is c1ccc([Si](c2ccccc2)(c2nccc3c2oc2ccc(-c4ccc5oc6ccccc6c5c4)cc23)c2nccc3c2oc2ccc(-c4ccc5oc6ccccc6c5c4)cc23)cc1. The predicted octanol–water partition coefficient (Wildman–Crippen LogP) is 12.8. The van der Waals surface area contributed by atoms with Gasteiger partial charge in [-0.2, -0.15) is 0 Å². The molecular weight excluding hydrogens is 817 g/mol. The highest BCUT2D eigenvalue weighted by Gasteiger charge is 2.49. The zero-order valence-corrected chi connectivity index (χ0v) is 35.7. The van der Waals surface area contributed by atoms with Crippen LogP contribution < -0.4 is 21.0 Å². The van der Waals surface area contributed by atoms with Crippen LogP contribution in [0.5, 0.6) is 0 Å². The molecule has 0 amide bonds. The van der Waals surface area contributed by atoms with Crippen LogP contribution in [0.25, 0.3) is 110 Å². The highest BCUT2D eigenvalue weighted by molar-refractivity contribution is 7.20. The molecule has 7 heteroatoms. The first-order chi connectivity index (χ1) is 32.2. The minimum absolute atomic E-state index is 0.745. The van der Waals surface area contributed by atoms with Crippen molar-refractivity contribution in [3.63, 3.8) is 0 Å². The number of furan rings is 4. The number of rotatable bonds is 6. The minimum Gasteiger partial charge on any atom is -0.456 e. The van der Waals surface area contributed by atoms with E-state index < -0.39 is 8.07 Å². The van der Waals surface area contributed by atoms with Crippen molar-refractivity contribution < 1.29 is 17.7 Å². The van der Waals surface area contributed by atoms with E-state index in [1.165, 1.54) is 0 Å². The normalized spacial score (nSPS) is 12.3. The van der Waals surface area contributed by atoms with E-state index in [9.17, 15) is 0 Å². The fraction of sp³-hybridized carbons (Fsp3) is 0. The Balaban J connectivity index is 0.993. The Morgan fingerprint density at radius 2 is 0.615 bits per heavy atom. The van der Waals surface area contributed by atoms with Crippen LogP contribution in [0, 0.1) is 0 Å². The number of para-hydroxylation sites is 2. The van der Waals surface area contributed by atoms with E-state index in [-0.39, 0.29) is 0 Å². The second-order valence-electron chi connectivity index (χ2n) is 16.8. The van der Waals surface area contributed by atoms with Crippen molar-refractivity contribution in [1.29, 1.82) is 0 Å². The number of pyridine rings is 2. The maximum atomic E-state index is 7.04. The molecule has 0 atom stereocenters. The first-order valence-corrected chi connectivity index (χ1v) is 23.8. The van der Waals surface area contributed by atoms with Crippen molar-refractivity contribution in [3.8, 4) is 22.3 Å². The highest BCUT2D eigenvalue weighted by Crippen LogP contribution is 2.38. The van der Waals surface area contributed by atoms with E-state index in [0.717, 1.165) is 131 Å². The van der Waals surface area contributed by atoms with Gasteiger partial charge in [0.15, 0.2) is 11.2 Å². The summed E-state index contributed by atoms with van der Waals surface area (Å²) >= 11 is 0. The quantitative estimate of drug-likeness (QED) is 0.155. The van der Waals surface area contributed by atoms with E-state index in [4.69, 9.17) is 27.6 Å². The number of hydrogen-bond acceptors (Lipinski definition) is 6. The van der Waals surface area contributed by atoms with Crippen LogP contribution in [0.15, 0.2) is 224 Å². The van der Waals surface area contributed by atoms with Gasteiger partial charge in [0.25, 0.3) is 0 Å².